The summed E-state index contributed by atoms with van der Waals surface area (Å²) in [6, 6.07) is 11.9. The molecule has 2 aromatic carbocycles. The monoisotopic (exact) mass is 347 g/mol. The number of ether oxygens (including phenoxy) is 3. The molecule has 0 aromatic heterocycles. The van der Waals surface area contributed by atoms with Crippen molar-refractivity contribution in [3.63, 3.8) is 0 Å². The number of nitrogens with zero attached hydrogens (tertiary/aromatic N) is 1. The molecule has 2 rings (SSSR count). The molecule has 0 fully saturated rings. The maximum absolute atomic E-state index is 12.4. The summed E-state index contributed by atoms with van der Waals surface area (Å²) in [6.07, 6.45) is -0.844. The Labute approximate surface area is 143 Å². The number of Topliss-reactive ketones (excluding diaryl/α,β-unsaturated/α-hetero) is 1. The number of hydrogen-bond donors (Lipinski definition) is 0. The van der Waals surface area contributed by atoms with Crippen molar-refractivity contribution >= 4 is 5.78 Å². The van der Waals surface area contributed by atoms with Gasteiger partial charge in [0, 0.05) is 11.6 Å². The van der Waals surface area contributed by atoms with Crippen molar-refractivity contribution in [3.05, 3.63) is 53.6 Å². The molecule has 0 N–H and O–H groups in total. The average Bonchev–Trinajstić information content (AvgIpc) is 2.61. The van der Waals surface area contributed by atoms with E-state index in [4.69, 9.17) is 14.7 Å². The Morgan fingerprint density at radius 3 is 2.32 bits per heavy atom. The van der Waals surface area contributed by atoms with Crippen LogP contribution < -0.4 is 14.2 Å². The molecule has 0 saturated carbocycles. The molecular formula is C18H15F2NO4. The number of ketones is 1. The molecule has 0 bridgehead atoms. The zero-order valence-corrected chi connectivity index (χ0v) is 13.5. The smallest absolute Gasteiger partial charge is 0.387 e. The summed E-state index contributed by atoms with van der Waals surface area (Å²) < 4.78 is 39.3. The number of alkyl halides is 2. The van der Waals surface area contributed by atoms with Gasteiger partial charge in [-0.3, -0.25) is 4.79 Å². The first kappa shape index (κ1) is 18.2. The van der Waals surface area contributed by atoms with Gasteiger partial charge in [0.05, 0.1) is 18.7 Å². The Bertz CT molecular complexity index is 785. The van der Waals surface area contributed by atoms with Crippen LogP contribution in [0.2, 0.25) is 0 Å². The van der Waals surface area contributed by atoms with Crippen LogP contribution in [0.5, 0.6) is 17.2 Å². The number of carbonyl (C=O) groups is 1. The average molecular weight is 347 g/mol. The number of hydrogen-bond acceptors (Lipinski definition) is 5. The van der Waals surface area contributed by atoms with E-state index in [0.29, 0.717) is 22.6 Å². The van der Waals surface area contributed by atoms with E-state index in [9.17, 15) is 13.6 Å². The first-order valence-electron chi connectivity index (χ1n) is 7.28. The van der Waals surface area contributed by atoms with E-state index < -0.39 is 12.7 Å². The number of nitriles is 1. The van der Waals surface area contributed by atoms with Crippen LogP contribution in [0, 0.1) is 11.3 Å². The normalized spacial score (nSPS) is 11.5. The fraction of sp³-hybridized carbons (Fsp3) is 0.222. The van der Waals surface area contributed by atoms with E-state index in [-0.39, 0.29) is 11.5 Å². The van der Waals surface area contributed by atoms with Crippen LogP contribution in [-0.2, 0) is 0 Å². The second kappa shape index (κ2) is 8.11. The summed E-state index contributed by atoms with van der Waals surface area (Å²) in [5.74, 6) is 0.281. The third kappa shape index (κ3) is 4.67. The van der Waals surface area contributed by atoms with Gasteiger partial charge in [-0.15, -0.1) is 0 Å². The SMILES string of the molecule is COc1cc(C#N)ccc1O[C@@H](C)C(=O)c1ccc(OC(F)F)cc1. The Hall–Kier alpha value is -3.14. The minimum Gasteiger partial charge on any atom is -0.493 e. The van der Waals surface area contributed by atoms with Crippen LogP contribution in [0.25, 0.3) is 0 Å². The topological polar surface area (TPSA) is 68.5 Å². The third-order valence-corrected chi connectivity index (χ3v) is 3.33. The summed E-state index contributed by atoms with van der Waals surface area (Å²) in [5.41, 5.74) is 0.694. The molecule has 0 amide bonds. The molecule has 5 nitrogen and oxygen atoms in total. The molecule has 7 heteroatoms. The van der Waals surface area contributed by atoms with Gasteiger partial charge < -0.3 is 14.2 Å². The molecule has 0 aliphatic carbocycles. The maximum Gasteiger partial charge on any atom is 0.387 e. The molecule has 0 aliphatic heterocycles. The number of carbonyl (C=O) groups excluding carboxylic acids is 1. The first-order chi connectivity index (χ1) is 11.9. The predicted molar refractivity (Wildman–Crippen MR) is 85.2 cm³/mol. The fourth-order valence-corrected chi connectivity index (χ4v) is 2.11. The minimum atomic E-state index is -2.92. The number of halogens is 2. The number of benzene rings is 2. The lowest BCUT2D eigenvalue weighted by Crippen LogP contribution is -2.24. The van der Waals surface area contributed by atoms with E-state index in [2.05, 4.69) is 4.74 Å². The maximum atomic E-state index is 12.4. The largest absolute Gasteiger partial charge is 0.493 e. The van der Waals surface area contributed by atoms with Crippen LogP contribution in [0.4, 0.5) is 8.78 Å². The second-order valence-electron chi connectivity index (χ2n) is 5.00. The molecule has 0 heterocycles. The van der Waals surface area contributed by atoms with Gasteiger partial charge in [0.25, 0.3) is 0 Å². The number of rotatable bonds is 7. The van der Waals surface area contributed by atoms with Gasteiger partial charge in [-0.1, -0.05) is 0 Å². The zero-order valence-electron chi connectivity index (χ0n) is 13.5. The Morgan fingerprint density at radius 1 is 1.08 bits per heavy atom. The van der Waals surface area contributed by atoms with Crippen molar-refractivity contribution in [2.24, 2.45) is 0 Å². The highest BCUT2D eigenvalue weighted by atomic mass is 19.3. The third-order valence-electron chi connectivity index (χ3n) is 3.33. The van der Waals surface area contributed by atoms with Gasteiger partial charge in [0.2, 0.25) is 5.78 Å². The lowest BCUT2D eigenvalue weighted by atomic mass is 10.1. The molecule has 0 unspecified atom stereocenters. The van der Waals surface area contributed by atoms with Crippen LogP contribution >= 0.6 is 0 Å². The van der Waals surface area contributed by atoms with E-state index in [0.717, 1.165) is 0 Å². The summed E-state index contributed by atoms with van der Waals surface area (Å²) >= 11 is 0. The van der Waals surface area contributed by atoms with Gasteiger partial charge in [0.1, 0.15) is 5.75 Å². The highest BCUT2D eigenvalue weighted by Crippen LogP contribution is 2.29. The molecule has 2 aromatic rings. The Morgan fingerprint density at radius 2 is 1.76 bits per heavy atom. The number of methoxy groups -OCH3 is 1. The van der Waals surface area contributed by atoms with Crippen molar-refractivity contribution in [2.75, 3.05) is 7.11 Å². The summed E-state index contributed by atoms with van der Waals surface area (Å²) in [6.45, 7) is -1.36. The molecular weight excluding hydrogens is 332 g/mol. The van der Waals surface area contributed by atoms with Crippen molar-refractivity contribution in [1.29, 1.82) is 5.26 Å². The van der Waals surface area contributed by atoms with Crippen molar-refractivity contribution in [1.82, 2.24) is 0 Å². The second-order valence-corrected chi connectivity index (χ2v) is 5.00. The van der Waals surface area contributed by atoms with Crippen LogP contribution in [-0.4, -0.2) is 25.6 Å². The van der Waals surface area contributed by atoms with E-state index >= 15 is 0 Å². The van der Waals surface area contributed by atoms with Crippen molar-refractivity contribution in [3.8, 4) is 23.3 Å². The molecule has 0 radical (unpaired) electrons. The quantitative estimate of drug-likeness (QED) is 0.712. The lowest BCUT2D eigenvalue weighted by molar-refractivity contribution is -0.0498. The van der Waals surface area contributed by atoms with Gasteiger partial charge in [0.15, 0.2) is 17.6 Å². The standard InChI is InChI=1S/C18H15F2NO4/c1-11(24-15-8-3-12(10-21)9-16(15)23-2)17(22)13-4-6-14(7-5-13)25-18(19)20/h3-9,11,18H,1-2H3/t11-/m0/s1. The molecule has 0 aliphatic rings. The highest BCUT2D eigenvalue weighted by Gasteiger charge is 2.19. The van der Waals surface area contributed by atoms with Crippen LogP contribution in [0.15, 0.2) is 42.5 Å². The van der Waals surface area contributed by atoms with Gasteiger partial charge in [-0.25, -0.2) is 0 Å². The summed E-state index contributed by atoms with van der Waals surface area (Å²) in [7, 11) is 1.43. The lowest BCUT2D eigenvalue weighted by Gasteiger charge is -2.16. The van der Waals surface area contributed by atoms with E-state index in [1.54, 1.807) is 19.1 Å². The molecule has 1 atom stereocenters. The van der Waals surface area contributed by atoms with Gasteiger partial charge in [-0.2, -0.15) is 14.0 Å². The van der Waals surface area contributed by atoms with Gasteiger partial charge in [-0.05, 0) is 43.3 Å². The fourth-order valence-electron chi connectivity index (χ4n) is 2.11. The zero-order chi connectivity index (χ0) is 18.4. The van der Waals surface area contributed by atoms with E-state index in [1.165, 1.54) is 37.4 Å². The van der Waals surface area contributed by atoms with Crippen LogP contribution in [0.1, 0.15) is 22.8 Å². The molecule has 25 heavy (non-hydrogen) atoms. The predicted octanol–water partition coefficient (Wildman–Crippen LogP) is 3.82. The first-order valence-corrected chi connectivity index (χ1v) is 7.28. The molecule has 0 spiro atoms. The van der Waals surface area contributed by atoms with E-state index in [1.807, 2.05) is 6.07 Å². The Kier molecular flexibility index (Phi) is 5.90. The summed E-state index contributed by atoms with van der Waals surface area (Å²) in [5, 5.41) is 8.89. The van der Waals surface area contributed by atoms with Crippen LogP contribution in [0.3, 0.4) is 0 Å². The molecule has 130 valence electrons. The molecule has 0 saturated heterocycles. The van der Waals surface area contributed by atoms with Crippen molar-refractivity contribution in [2.45, 2.75) is 19.6 Å². The highest BCUT2D eigenvalue weighted by molar-refractivity contribution is 5.99. The van der Waals surface area contributed by atoms with Gasteiger partial charge >= 0.3 is 6.61 Å². The Balaban J connectivity index is 2.11. The minimum absolute atomic E-state index is 0.0334. The summed E-state index contributed by atoms with van der Waals surface area (Å²) in [4.78, 5) is 12.4. The van der Waals surface area contributed by atoms with Crippen molar-refractivity contribution < 1.29 is 27.8 Å².